The number of fused-ring (bicyclic) bond motifs is 1. The van der Waals surface area contributed by atoms with Crippen molar-refractivity contribution in [2.75, 3.05) is 26.2 Å². The number of nitrogens with zero attached hydrogens (tertiary/aromatic N) is 1. The largest absolute Gasteiger partial charge is 0.376 e. The normalized spacial score (nSPS) is 23.0. The van der Waals surface area contributed by atoms with Gasteiger partial charge < -0.3 is 20.4 Å². The lowest BCUT2D eigenvalue weighted by Crippen LogP contribution is -2.38. The van der Waals surface area contributed by atoms with Gasteiger partial charge in [-0.1, -0.05) is 0 Å². The number of hydrogen-bond acceptors (Lipinski definition) is 4. The zero-order valence-electron chi connectivity index (χ0n) is 13.4. The molecule has 3 N–H and O–H groups in total. The van der Waals surface area contributed by atoms with Gasteiger partial charge in [0.2, 0.25) is 0 Å². The van der Waals surface area contributed by atoms with Gasteiger partial charge in [-0.15, -0.1) is 0 Å². The van der Waals surface area contributed by atoms with E-state index in [1.165, 1.54) is 12.8 Å². The number of hydrogen-bond donors (Lipinski definition) is 3. The first kappa shape index (κ1) is 16.1. The van der Waals surface area contributed by atoms with E-state index in [0.717, 1.165) is 36.0 Å². The van der Waals surface area contributed by atoms with Crippen LogP contribution in [0.15, 0.2) is 22.9 Å². The number of rotatable bonds is 3. The zero-order valence-corrected chi connectivity index (χ0v) is 15.0. The van der Waals surface area contributed by atoms with E-state index in [9.17, 15) is 4.79 Å². The number of nitrogens with one attached hydrogen (secondary N) is 3. The van der Waals surface area contributed by atoms with Gasteiger partial charge in [-0.2, -0.15) is 0 Å². The van der Waals surface area contributed by atoms with Crippen LogP contribution >= 0.6 is 15.9 Å². The topological polar surface area (TPSA) is 79.0 Å². The first-order valence-electron chi connectivity index (χ1n) is 8.38. The number of aromatic amines is 1. The van der Waals surface area contributed by atoms with E-state index in [-0.39, 0.29) is 12.0 Å². The SMILES string of the molecule is O=C(NCC1CC2(CCNCC2)CO1)c1c[nH]c2ncc(Br)cc12. The van der Waals surface area contributed by atoms with E-state index in [0.29, 0.717) is 23.2 Å². The Morgan fingerprint density at radius 1 is 1.46 bits per heavy atom. The third-order valence-electron chi connectivity index (χ3n) is 5.18. The van der Waals surface area contributed by atoms with Gasteiger partial charge >= 0.3 is 0 Å². The van der Waals surface area contributed by atoms with Crippen molar-refractivity contribution >= 4 is 32.9 Å². The summed E-state index contributed by atoms with van der Waals surface area (Å²) in [6.45, 7) is 3.51. The highest BCUT2D eigenvalue weighted by Crippen LogP contribution is 2.40. The highest BCUT2D eigenvalue weighted by atomic mass is 79.9. The van der Waals surface area contributed by atoms with Crippen LogP contribution in [0.1, 0.15) is 29.6 Å². The minimum atomic E-state index is -0.0870. The van der Waals surface area contributed by atoms with E-state index < -0.39 is 0 Å². The number of ether oxygens (including phenoxy) is 1. The van der Waals surface area contributed by atoms with Crippen molar-refractivity contribution in [1.82, 2.24) is 20.6 Å². The summed E-state index contributed by atoms with van der Waals surface area (Å²) in [4.78, 5) is 19.8. The molecule has 0 saturated carbocycles. The lowest BCUT2D eigenvalue weighted by molar-refractivity contribution is 0.0782. The van der Waals surface area contributed by atoms with Gasteiger partial charge in [-0.25, -0.2) is 4.98 Å². The first-order chi connectivity index (χ1) is 11.7. The van der Waals surface area contributed by atoms with E-state index >= 15 is 0 Å². The van der Waals surface area contributed by atoms with Crippen LogP contribution in [-0.4, -0.2) is 48.2 Å². The molecule has 0 aliphatic carbocycles. The average molecular weight is 393 g/mol. The Bertz CT molecular complexity index is 754. The monoisotopic (exact) mass is 392 g/mol. The number of carbonyl (C=O) groups excluding carboxylic acids is 1. The fourth-order valence-corrected chi connectivity index (χ4v) is 4.13. The van der Waals surface area contributed by atoms with Crippen LogP contribution in [0.4, 0.5) is 0 Å². The number of H-pyrrole nitrogens is 1. The molecule has 4 rings (SSSR count). The molecule has 0 bridgehead atoms. The van der Waals surface area contributed by atoms with Crippen LogP contribution in [0.5, 0.6) is 0 Å². The summed E-state index contributed by atoms with van der Waals surface area (Å²) < 4.78 is 6.81. The van der Waals surface area contributed by atoms with Gasteiger partial charge in [0.15, 0.2) is 0 Å². The molecule has 6 nitrogen and oxygen atoms in total. The number of amides is 1. The maximum Gasteiger partial charge on any atom is 0.253 e. The summed E-state index contributed by atoms with van der Waals surface area (Å²) >= 11 is 3.40. The van der Waals surface area contributed by atoms with E-state index in [1.807, 2.05) is 6.07 Å². The molecule has 2 aliphatic heterocycles. The Balaban J connectivity index is 1.39. The molecule has 2 aromatic heterocycles. The van der Waals surface area contributed by atoms with E-state index in [2.05, 4.69) is 36.5 Å². The minimum absolute atomic E-state index is 0.0870. The second-order valence-electron chi connectivity index (χ2n) is 6.85. The molecule has 1 amide bonds. The standard InChI is InChI=1S/C17H21BrN4O2/c18-11-5-13-14(9-21-15(13)20-7-11)16(23)22-8-12-6-17(10-24-12)1-3-19-4-2-17/h5,7,9,12,19H,1-4,6,8,10H2,(H,20,21)(H,22,23). The Morgan fingerprint density at radius 2 is 2.29 bits per heavy atom. The average Bonchev–Trinajstić information content (AvgIpc) is 3.17. The molecular weight excluding hydrogens is 372 g/mol. The molecular formula is C17H21BrN4O2. The molecule has 0 radical (unpaired) electrons. The minimum Gasteiger partial charge on any atom is -0.376 e. The Hall–Kier alpha value is -1.44. The van der Waals surface area contributed by atoms with Crippen LogP contribution in [0.25, 0.3) is 11.0 Å². The summed E-state index contributed by atoms with van der Waals surface area (Å²) in [5.74, 6) is -0.0870. The van der Waals surface area contributed by atoms with Crippen LogP contribution in [0, 0.1) is 5.41 Å². The van der Waals surface area contributed by atoms with Crippen molar-refractivity contribution in [2.45, 2.75) is 25.4 Å². The lowest BCUT2D eigenvalue weighted by Gasteiger charge is -2.32. The molecule has 2 fully saturated rings. The van der Waals surface area contributed by atoms with Gasteiger partial charge in [-0.05, 0) is 59.8 Å². The quantitative estimate of drug-likeness (QED) is 0.747. The third-order valence-corrected chi connectivity index (χ3v) is 5.62. The number of piperidine rings is 1. The molecule has 128 valence electrons. The summed E-state index contributed by atoms with van der Waals surface area (Å²) in [7, 11) is 0. The van der Waals surface area contributed by atoms with Crippen LogP contribution in [0.2, 0.25) is 0 Å². The molecule has 1 unspecified atom stereocenters. The third kappa shape index (κ3) is 3.08. The number of pyridine rings is 1. The summed E-state index contributed by atoms with van der Waals surface area (Å²) in [5, 5.41) is 7.24. The van der Waals surface area contributed by atoms with Crippen molar-refractivity contribution in [3.05, 3.63) is 28.5 Å². The zero-order chi connectivity index (χ0) is 16.6. The second kappa shape index (κ2) is 6.46. The van der Waals surface area contributed by atoms with Crippen molar-refractivity contribution in [1.29, 1.82) is 0 Å². The van der Waals surface area contributed by atoms with Gasteiger partial charge in [0.25, 0.3) is 5.91 Å². The molecule has 0 aromatic carbocycles. The van der Waals surface area contributed by atoms with Gasteiger partial charge in [0.1, 0.15) is 5.65 Å². The number of aromatic nitrogens is 2. The predicted octanol–water partition coefficient (Wildman–Crippen LogP) is 2.21. The molecule has 1 atom stereocenters. The summed E-state index contributed by atoms with van der Waals surface area (Å²) in [5.41, 5.74) is 1.65. The lowest BCUT2D eigenvalue weighted by atomic mass is 9.77. The van der Waals surface area contributed by atoms with Gasteiger partial charge in [0.05, 0.1) is 18.3 Å². The van der Waals surface area contributed by atoms with Crippen LogP contribution in [0.3, 0.4) is 0 Å². The fourth-order valence-electron chi connectivity index (χ4n) is 3.80. The smallest absolute Gasteiger partial charge is 0.253 e. The highest BCUT2D eigenvalue weighted by molar-refractivity contribution is 9.10. The number of halogens is 1. The van der Waals surface area contributed by atoms with Gasteiger partial charge in [-0.3, -0.25) is 4.79 Å². The van der Waals surface area contributed by atoms with E-state index in [1.54, 1.807) is 12.4 Å². The highest BCUT2D eigenvalue weighted by Gasteiger charge is 2.40. The van der Waals surface area contributed by atoms with Gasteiger partial charge in [0, 0.05) is 28.8 Å². The van der Waals surface area contributed by atoms with Crippen molar-refractivity contribution in [3.63, 3.8) is 0 Å². The summed E-state index contributed by atoms with van der Waals surface area (Å²) in [6, 6.07) is 1.91. The predicted molar refractivity (Wildman–Crippen MR) is 95.0 cm³/mol. The number of carbonyl (C=O) groups is 1. The molecule has 2 aromatic rings. The van der Waals surface area contributed by atoms with Crippen molar-refractivity contribution in [3.8, 4) is 0 Å². The maximum absolute atomic E-state index is 12.5. The van der Waals surface area contributed by atoms with Crippen LogP contribution < -0.4 is 10.6 Å². The summed E-state index contributed by atoms with van der Waals surface area (Å²) in [6.07, 6.45) is 6.91. The molecule has 7 heteroatoms. The molecule has 24 heavy (non-hydrogen) atoms. The molecule has 1 spiro atoms. The Morgan fingerprint density at radius 3 is 3.12 bits per heavy atom. The first-order valence-corrected chi connectivity index (χ1v) is 9.18. The van der Waals surface area contributed by atoms with Crippen LogP contribution in [-0.2, 0) is 4.74 Å². The Kier molecular flexibility index (Phi) is 4.32. The maximum atomic E-state index is 12.5. The van der Waals surface area contributed by atoms with Crippen molar-refractivity contribution in [2.24, 2.45) is 5.41 Å². The molecule has 4 heterocycles. The Labute approximate surface area is 148 Å². The fraction of sp³-hybridized carbons (Fsp3) is 0.529. The van der Waals surface area contributed by atoms with Crippen molar-refractivity contribution < 1.29 is 9.53 Å². The molecule has 2 saturated heterocycles. The second-order valence-corrected chi connectivity index (χ2v) is 7.76. The van der Waals surface area contributed by atoms with E-state index in [4.69, 9.17) is 4.74 Å². The molecule has 2 aliphatic rings.